The van der Waals surface area contributed by atoms with Gasteiger partial charge in [-0.1, -0.05) is 6.07 Å². The predicted molar refractivity (Wildman–Crippen MR) is 111 cm³/mol. The Hall–Kier alpha value is -1.97. The van der Waals surface area contributed by atoms with E-state index in [1.165, 1.54) is 0 Å². The van der Waals surface area contributed by atoms with E-state index in [1.807, 2.05) is 6.07 Å². The number of carbonyl (C=O) groups excluding carboxylic acids is 1. The molecule has 29 heavy (non-hydrogen) atoms. The molecule has 1 unspecified atom stereocenters. The van der Waals surface area contributed by atoms with E-state index in [2.05, 4.69) is 35.2 Å². The second-order valence-electron chi connectivity index (χ2n) is 9.20. The van der Waals surface area contributed by atoms with Gasteiger partial charge in [-0.25, -0.2) is 4.39 Å². The summed E-state index contributed by atoms with van der Waals surface area (Å²) in [5.41, 5.74) is 1.42. The highest BCUT2D eigenvalue weighted by Gasteiger charge is 2.42. The predicted octanol–water partition coefficient (Wildman–Crippen LogP) is 2.75. The van der Waals surface area contributed by atoms with Crippen molar-refractivity contribution in [2.75, 3.05) is 31.6 Å². The van der Waals surface area contributed by atoms with Crippen molar-refractivity contribution in [1.82, 2.24) is 10.2 Å². The molecule has 1 aliphatic carbocycles. The van der Waals surface area contributed by atoms with Crippen LogP contribution in [0, 0.1) is 29.0 Å². The maximum absolute atomic E-state index is 14.8. The molecule has 2 heterocycles. The molecule has 0 radical (unpaired) electrons. The molecule has 5 nitrogen and oxygen atoms in total. The third kappa shape index (κ3) is 4.31. The van der Waals surface area contributed by atoms with Crippen molar-refractivity contribution < 1.29 is 9.18 Å². The monoisotopic (exact) mass is 398 g/mol. The van der Waals surface area contributed by atoms with Crippen LogP contribution < -0.4 is 10.2 Å². The number of piperazine rings is 1. The molecule has 0 amide bonds. The standard InChI is InChI=1S/C23H31FN4O/c1-15-14-27(2)7-8-28(15)20-6-4-17(21(24)12-20)9-16(13-25)10-22(29)23-18-3-5-19(11-18)26-23/h4,6,12,15-16,18-19,23,26H,3,5,7-11,14H2,1-2H3/t15?,16-,18+,19-,23+/m1/s1. The Bertz CT molecular complexity index is 807. The number of fused-ring (bicyclic) bond motifs is 2. The third-order valence-electron chi connectivity index (χ3n) is 7.00. The normalized spacial score (nSPS) is 30.3. The van der Waals surface area contributed by atoms with Crippen LogP contribution in [0.5, 0.6) is 0 Å². The molecule has 2 saturated heterocycles. The molecule has 2 aliphatic heterocycles. The van der Waals surface area contributed by atoms with Crippen LogP contribution in [0.15, 0.2) is 18.2 Å². The maximum Gasteiger partial charge on any atom is 0.151 e. The van der Waals surface area contributed by atoms with Crippen LogP contribution in [0.4, 0.5) is 10.1 Å². The van der Waals surface area contributed by atoms with Gasteiger partial charge in [0.15, 0.2) is 5.78 Å². The van der Waals surface area contributed by atoms with Crippen molar-refractivity contribution in [3.05, 3.63) is 29.6 Å². The minimum atomic E-state index is -0.480. The minimum absolute atomic E-state index is 0.101. The molecule has 4 rings (SSSR count). The molecular weight excluding hydrogens is 367 g/mol. The number of benzene rings is 1. The van der Waals surface area contributed by atoms with Crippen molar-refractivity contribution in [2.24, 2.45) is 11.8 Å². The Labute approximate surface area is 172 Å². The van der Waals surface area contributed by atoms with E-state index in [0.29, 0.717) is 23.6 Å². The van der Waals surface area contributed by atoms with Gasteiger partial charge in [0.1, 0.15) is 5.82 Å². The lowest BCUT2D eigenvalue weighted by atomic mass is 9.88. The first-order chi connectivity index (χ1) is 13.9. The summed E-state index contributed by atoms with van der Waals surface area (Å²) in [5, 5.41) is 13.0. The summed E-state index contributed by atoms with van der Waals surface area (Å²) in [5.74, 6) is -0.216. The number of carbonyl (C=O) groups is 1. The van der Waals surface area contributed by atoms with Crippen LogP contribution in [0.1, 0.15) is 38.2 Å². The summed E-state index contributed by atoms with van der Waals surface area (Å²) >= 11 is 0. The van der Waals surface area contributed by atoms with Crippen molar-refractivity contribution in [1.29, 1.82) is 5.26 Å². The molecule has 3 aliphatic rings. The first kappa shape index (κ1) is 20.3. The second-order valence-corrected chi connectivity index (χ2v) is 9.20. The number of likely N-dealkylation sites (N-methyl/N-ethyl adjacent to an activating group) is 1. The molecule has 1 saturated carbocycles. The van der Waals surface area contributed by atoms with Gasteiger partial charge in [0.05, 0.1) is 18.0 Å². The lowest BCUT2D eigenvalue weighted by Crippen LogP contribution is -2.50. The zero-order valence-corrected chi connectivity index (χ0v) is 17.4. The zero-order chi connectivity index (χ0) is 20.5. The topological polar surface area (TPSA) is 59.4 Å². The largest absolute Gasteiger partial charge is 0.366 e. The van der Waals surface area contributed by atoms with Gasteiger partial charge in [0, 0.05) is 43.8 Å². The quantitative estimate of drug-likeness (QED) is 0.799. The van der Waals surface area contributed by atoms with Crippen LogP contribution in [0.25, 0.3) is 0 Å². The first-order valence-electron chi connectivity index (χ1n) is 10.9. The van der Waals surface area contributed by atoms with Crippen molar-refractivity contribution >= 4 is 11.5 Å². The molecule has 1 aromatic carbocycles. The molecule has 1 N–H and O–H groups in total. The zero-order valence-electron chi connectivity index (χ0n) is 17.4. The summed E-state index contributed by atoms with van der Waals surface area (Å²) in [6.45, 7) is 4.95. The molecule has 0 aromatic heterocycles. The Kier molecular flexibility index (Phi) is 5.89. The summed E-state index contributed by atoms with van der Waals surface area (Å²) in [6.07, 6.45) is 3.82. The van der Waals surface area contributed by atoms with E-state index in [9.17, 15) is 14.4 Å². The summed E-state index contributed by atoms with van der Waals surface area (Å²) < 4.78 is 14.8. The molecule has 3 fully saturated rings. The number of Topliss-reactive ketones (excluding diaryl/α,β-unsaturated/α-hetero) is 1. The van der Waals surface area contributed by atoms with Gasteiger partial charge in [-0.15, -0.1) is 0 Å². The lowest BCUT2D eigenvalue weighted by molar-refractivity contribution is -0.122. The van der Waals surface area contributed by atoms with Crippen LogP contribution in [0.3, 0.4) is 0 Å². The fourth-order valence-electron chi connectivity index (χ4n) is 5.42. The van der Waals surface area contributed by atoms with Gasteiger partial charge in [0.25, 0.3) is 0 Å². The number of anilines is 1. The van der Waals surface area contributed by atoms with Crippen LogP contribution >= 0.6 is 0 Å². The molecule has 0 spiro atoms. The Morgan fingerprint density at radius 2 is 2.21 bits per heavy atom. The smallest absolute Gasteiger partial charge is 0.151 e. The number of hydrogen-bond donors (Lipinski definition) is 1. The SMILES string of the molecule is CC1CN(C)CCN1c1ccc(C[C@@H](C#N)CC(=O)[C@H]2N[C@@H]3CC[C@H]2C3)c(F)c1. The van der Waals surface area contributed by atoms with Gasteiger partial charge in [-0.05, 0) is 63.3 Å². The van der Waals surface area contributed by atoms with E-state index in [0.717, 1.165) is 44.6 Å². The molecular formula is C23H31FN4O. The number of rotatable bonds is 6. The van der Waals surface area contributed by atoms with Gasteiger partial charge < -0.3 is 15.1 Å². The highest BCUT2D eigenvalue weighted by molar-refractivity contribution is 5.85. The van der Waals surface area contributed by atoms with E-state index in [1.54, 1.807) is 12.1 Å². The average molecular weight is 399 g/mol. The molecule has 156 valence electrons. The molecule has 1 aromatic rings. The highest BCUT2D eigenvalue weighted by atomic mass is 19.1. The second kappa shape index (κ2) is 8.41. The fraction of sp³-hybridized carbons (Fsp3) is 0.652. The average Bonchev–Trinajstić information content (AvgIpc) is 3.32. The Morgan fingerprint density at radius 3 is 2.83 bits per heavy atom. The number of ketones is 1. The number of nitrogens with zero attached hydrogens (tertiary/aromatic N) is 3. The molecule has 6 heteroatoms. The van der Waals surface area contributed by atoms with Crippen molar-refractivity contribution in [3.8, 4) is 6.07 Å². The number of hydrogen-bond acceptors (Lipinski definition) is 5. The van der Waals surface area contributed by atoms with Crippen LogP contribution in [-0.4, -0.2) is 55.5 Å². The van der Waals surface area contributed by atoms with E-state index >= 15 is 0 Å². The Balaban J connectivity index is 1.39. The van der Waals surface area contributed by atoms with Crippen LogP contribution in [0.2, 0.25) is 0 Å². The highest BCUT2D eigenvalue weighted by Crippen LogP contribution is 2.36. The van der Waals surface area contributed by atoms with E-state index in [4.69, 9.17) is 0 Å². The number of nitriles is 1. The van der Waals surface area contributed by atoms with E-state index < -0.39 is 5.92 Å². The lowest BCUT2D eigenvalue weighted by Gasteiger charge is -2.39. The van der Waals surface area contributed by atoms with Gasteiger partial charge in [-0.2, -0.15) is 5.26 Å². The maximum atomic E-state index is 14.8. The van der Waals surface area contributed by atoms with E-state index in [-0.39, 0.29) is 30.5 Å². The fourth-order valence-corrected chi connectivity index (χ4v) is 5.42. The number of nitrogens with one attached hydrogen (secondary N) is 1. The Morgan fingerprint density at radius 1 is 1.38 bits per heavy atom. The summed E-state index contributed by atoms with van der Waals surface area (Å²) in [4.78, 5) is 17.2. The molecule has 5 atom stereocenters. The van der Waals surface area contributed by atoms with Crippen molar-refractivity contribution in [3.63, 3.8) is 0 Å². The van der Waals surface area contributed by atoms with Crippen molar-refractivity contribution in [2.45, 2.75) is 57.2 Å². The first-order valence-corrected chi connectivity index (χ1v) is 10.9. The number of piperidine rings is 1. The van der Waals surface area contributed by atoms with Crippen LogP contribution in [-0.2, 0) is 11.2 Å². The summed E-state index contributed by atoms with van der Waals surface area (Å²) in [6, 6.07) is 8.27. The van der Waals surface area contributed by atoms with Gasteiger partial charge >= 0.3 is 0 Å². The molecule has 2 bridgehead atoms. The minimum Gasteiger partial charge on any atom is -0.366 e. The summed E-state index contributed by atoms with van der Waals surface area (Å²) in [7, 11) is 2.10. The van der Waals surface area contributed by atoms with Gasteiger partial charge in [-0.3, -0.25) is 4.79 Å². The van der Waals surface area contributed by atoms with Gasteiger partial charge in [0.2, 0.25) is 0 Å². The number of halogens is 1. The third-order valence-corrected chi connectivity index (χ3v) is 7.00.